The molecule has 5 heteroatoms. The summed E-state index contributed by atoms with van der Waals surface area (Å²) in [7, 11) is 0. The van der Waals surface area contributed by atoms with E-state index in [4.69, 9.17) is 5.73 Å². The normalized spacial score (nSPS) is 25.6. The Morgan fingerprint density at radius 3 is 2.95 bits per heavy atom. The number of hydrogen-bond acceptors (Lipinski definition) is 4. The molecule has 0 spiro atoms. The van der Waals surface area contributed by atoms with Crippen molar-refractivity contribution in [2.75, 3.05) is 6.54 Å². The van der Waals surface area contributed by atoms with Crippen molar-refractivity contribution in [2.24, 2.45) is 5.73 Å². The zero-order valence-corrected chi connectivity index (χ0v) is 13.1. The highest BCUT2D eigenvalue weighted by Gasteiger charge is 2.38. The minimum absolute atomic E-state index is 0.165. The van der Waals surface area contributed by atoms with Gasteiger partial charge in [0.05, 0.1) is 6.10 Å². The third-order valence-corrected chi connectivity index (χ3v) is 5.89. The first-order chi connectivity index (χ1) is 10.1. The molecule has 3 rings (SSSR count). The predicted molar refractivity (Wildman–Crippen MR) is 84.0 cm³/mol. The molecule has 1 aliphatic carbocycles. The fourth-order valence-corrected chi connectivity index (χ4v) is 4.20. The topological polar surface area (TPSA) is 66.6 Å². The second-order valence-corrected chi connectivity index (χ2v) is 7.52. The number of carbonyl (C=O) groups is 1. The van der Waals surface area contributed by atoms with Crippen LogP contribution in [0, 0.1) is 0 Å². The zero-order chi connectivity index (χ0) is 14.9. The van der Waals surface area contributed by atoms with Gasteiger partial charge in [0.2, 0.25) is 5.91 Å². The van der Waals surface area contributed by atoms with Crippen LogP contribution in [0.15, 0.2) is 17.5 Å². The Hall–Kier alpha value is -0.910. The smallest absolute Gasteiger partial charge is 0.224 e. The third kappa shape index (κ3) is 3.30. The number of nitrogens with zero attached hydrogens (tertiary/aromatic N) is 1. The Kier molecular flexibility index (Phi) is 4.33. The number of thiophene rings is 1. The van der Waals surface area contributed by atoms with Gasteiger partial charge in [-0.05, 0) is 50.0 Å². The van der Waals surface area contributed by atoms with Crippen molar-refractivity contribution in [1.82, 2.24) is 4.90 Å². The van der Waals surface area contributed by atoms with Crippen molar-refractivity contribution in [3.8, 4) is 0 Å². The van der Waals surface area contributed by atoms with Crippen LogP contribution in [0.1, 0.15) is 55.9 Å². The molecule has 1 saturated heterocycles. The first-order valence-electron chi connectivity index (χ1n) is 7.87. The number of hydrogen-bond donors (Lipinski definition) is 2. The van der Waals surface area contributed by atoms with Crippen molar-refractivity contribution >= 4 is 17.2 Å². The van der Waals surface area contributed by atoms with Crippen molar-refractivity contribution in [2.45, 2.75) is 62.6 Å². The molecule has 0 bridgehead atoms. The summed E-state index contributed by atoms with van der Waals surface area (Å²) in [5, 5.41) is 12.3. The largest absolute Gasteiger partial charge is 0.387 e. The second-order valence-electron chi connectivity index (χ2n) is 6.54. The monoisotopic (exact) mass is 308 g/mol. The van der Waals surface area contributed by atoms with Gasteiger partial charge in [0, 0.05) is 29.4 Å². The zero-order valence-electron chi connectivity index (χ0n) is 12.3. The molecule has 1 saturated carbocycles. The fraction of sp³-hybridized carbons (Fsp3) is 0.688. The highest BCUT2D eigenvalue weighted by Crippen LogP contribution is 2.35. The molecule has 2 heterocycles. The minimum atomic E-state index is -0.459. The van der Waals surface area contributed by atoms with Crippen molar-refractivity contribution in [1.29, 1.82) is 0 Å². The number of rotatable bonds is 5. The first-order valence-corrected chi connectivity index (χ1v) is 8.75. The predicted octanol–water partition coefficient (Wildman–Crippen LogP) is 2.43. The summed E-state index contributed by atoms with van der Waals surface area (Å²) in [6.07, 6.45) is 5.76. The molecule has 116 valence electrons. The lowest BCUT2D eigenvalue weighted by atomic mass is 9.75. The maximum absolute atomic E-state index is 12.5. The third-order valence-electron chi connectivity index (χ3n) is 4.92. The summed E-state index contributed by atoms with van der Waals surface area (Å²) >= 11 is 1.57. The molecule has 1 amide bonds. The SMILES string of the molecule is NC1(CC(=O)N2CCCC2CC(O)c2cccs2)CCC1. The molecule has 2 unspecified atom stereocenters. The molecule has 0 radical (unpaired) electrons. The number of amides is 1. The summed E-state index contributed by atoms with van der Waals surface area (Å²) in [6.45, 7) is 0.816. The van der Waals surface area contributed by atoms with Crippen LogP contribution >= 0.6 is 11.3 Å². The van der Waals surface area contributed by atoms with E-state index < -0.39 is 6.10 Å². The minimum Gasteiger partial charge on any atom is -0.387 e. The summed E-state index contributed by atoms with van der Waals surface area (Å²) < 4.78 is 0. The molecule has 4 nitrogen and oxygen atoms in total. The number of nitrogens with two attached hydrogens (primary N) is 1. The van der Waals surface area contributed by atoms with Gasteiger partial charge in [-0.15, -0.1) is 11.3 Å². The van der Waals surface area contributed by atoms with Crippen LogP contribution in [0.2, 0.25) is 0 Å². The summed E-state index contributed by atoms with van der Waals surface area (Å²) in [6, 6.07) is 4.08. The maximum atomic E-state index is 12.5. The summed E-state index contributed by atoms with van der Waals surface area (Å²) in [5.74, 6) is 0.179. The van der Waals surface area contributed by atoms with E-state index in [9.17, 15) is 9.90 Å². The van der Waals surface area contributed by atoms with Gasteiger partial charge in [-0.1, -0.05) is 6.07 Å². The van der Waals surface area contributed by atoms with Crippen LogP contribution in [-0.4, -0.2) is 34.0 Å². The Morgan fingerprint density at radius 1 is 1.52 bits per heavy atom. The first kappa shape index (κ1) is 15.0. The van der Waals surface area contributed by atoms with E-state index in [0.29, 0.717) is 12.8 Å². The van der Waals surface area contributed by atoms with Crippen LogP contribution in [0.5, 0.6) is 0 Å². The lowest BCUT2D eigenvalue weighted by molar-refractivity contribution is -0.134. The summed E-state index contributed by atoms with van der Waals surface area (Å²) in [4.78, 5) is 15.5. The number of carbonyl (C=O) groups excluding carboxylic acids is 1. The molecular formula is C16H24N2O2S. The Labute approximate surface area is 129 Å². The summed E-state index contributed by atoms with van der Waals surface area (Å²) in [5.41, 5.74) is 5.95. The van der Waals surface area contributed by atoms with Gasteiger partial charge in [0.15, 0.2) is 0 Å². The highest BCUT2D eigenvalue weighted by molar-refractivity contribution is 7.10. The van der Waals surface area contributed by atoms with Gasteiger partial charge >= 0.3 is 0 Å². The van der Waals surface area contributed by atoms with Crippen LogP contribution in [0.25, 0.3) is 0 Å². The molecule has 1 aromatic rings. The molecule has 2 atom stereocenters. The van der Waals surface area contributed by atoms with Crippen molar-refractivity contribution in [3.63, 3.8) is 0 Å². The second kappa shape index (κ2) is 6.07. The van der Waals surface area contributed by atoms with E-state index in [1.54, 1.807) is 11.3 Å². The molecule has 2 fully saturated rings. The quantitative estimate of drug-likeness (QED) is 0.878. The number of aliphatic hydroxyl groups is 1. The van der Waals surface area contributed by atoms with E-state index in [0.717, 1.165) is 43.5 Å². The molecule has 1 aliphatic heterocycles. The van der Waals surface area contributed by atoms with Crippen LogP contribution in [-0.2, 0) is 4.79 Å². The van der Waals surface area contributed by atoms with Gasteiger partial charge in [-0.2, -0.15) is 0 Å². The molecule has 3 N–H and O–H groups in total. The standard InChI is InChI=1S/C16H24N2O2S/c17-16(6-3-7-16)11-15(20)18-8-1-4-12(18)10-13(19)14-5-2-9-21-14/h2,5,9,12-13,19H,1,3-4,6-8,10-11,17H2. The van der Waals surface area contributed by atoms with Crippen molar-refractivity contribution in [3.05, 3.63) is 22.4 Å². The molecule has 2 aliphatic rings. The number of aliphatic hydroxyl groups excluding tert-OH is 1. The Bertz CT molecular complexity index is 484. The Morgan fingerprint density at radius 2 is 2.33 bits per heavy atom. The van der Waals surface area contributed by atoms with E-state index in [-0.39, 0.29) is 17.5 Å². The van der Waals surface area contributed by atoms with Gasteiger partial charge < -0.3 is 15.7 Å². The number of likely N-dealkylation sites (tertiary alicyclic amines) is 1. The van der Waals surface area contributed by atoms with E-state index in [1.807, 2.05) is 22.4 Å². The molecule has 1 aromatic heterocycles. The fourth-order valence-electron chi connectivity index (χ4n) is 3.47. The maximum Gasteiger partial charge on any atom is 0.224 e. The van der Waals surface area contributed by atoms with E-state index in [1.165, 1.54) is 0 Å². The lowest BCUT2D eigenvalue weighted by Gasteiger charge is -2.39. The van der Waals surface area contributed by atoms with E-state index in [2.05, 4.69) is 0 Å². The van der Waals surface area contributed by atoms with E-state index >= 15 is 0 Å². The molecular weight excluding hydrogens is 284 g/mol. The molecule has 0 aromatic carbocycles. The van der Waals surface area contributed by atoms with Gasteiger partial charge in [-0.25, -0.2) is 0 Å². The van der Waals surface area contributed by atoms with Crippen LogP contribution < -0.4 is 5.73 Å². The van der Waals surface area contributed by atoms with Gasteiger partial charge in [-0.3, -0.25) is 4.79 Å². The van der Waals surface area contributed by atoms with Crippen LogP contribution in [0.3, 0.4) is 0 Å². The average Bonchev–Trinajstić information content (AvgIpc) is 3.07. The van der Waals surface area contributed by atoms with Crippen molar-refractivity contribution < 1.29 is 9.90 Å². The van der Waals surface area contributed by atoms with Gasteiger partial charge in [0.1, 0.15) is 0 Å². The average molecular weight is 308 g/mol. The highest BCUT2D eigenvalue weighted by atomic mass is 32.1. The van der Waals surface area contributed by atoms with Crippen LogP contribution in [0.4, 0.5) is 0 Å². The van der Waals surface area contributed by atoms with Gasteiger partial charge in [0.25, 0.3) is 0 Å². The Balaban J connectivity index is 1.58. The molecule has 21 heavy (non-hydrogen) atoms. The lowest BCUT2D eigenvalue weighted by Crippen LogP contribution is -2.51.